The second-order valence-corrected chi connectivity index (χ2v) is 10.2. The molecule has 0 saturated heterocycles. The highest BCUT2D eigenvalue weighted by Crippen LogP contribution is 2.22. The largest absolute Gasteiger partial charge is 0.317 e. The first-order valence-electron chi connectivity index (χ1n) is 8.49. The van der Waals surface area contributed by atoms with Gasteiger partial charge in [0.25, 0.3) is 0 Å². The molecule has 27 heavy (non-hydrogen) atoms. The van der Waals surface area contributed by atoms with E-state index < -0.39 is 15.7 Å². The number of aromatic nitrogens is 1. The number of rotatable bonds is 6. The van der Waals surface area contributed by atoms with Crippen LogP contribution in [0, 0.1) is 0 Å². The predicted octanol–water partition coefficient (Wildman–Crippen LogP) is 3.92. The van der Waals surface area contributed by atoms with E-state index in [1.807, 2.05) is 35.8 Å². The van der Waals surface area contributed by atoms with Crippen molar-refractivity contribution in [2.75, 3.05) is 5.75 Å². The summed E-state index contributed by atoms with van der Waals surface area (Å²) in [6.07, 6.45) is -0.114. The zero-order valence-electron chi connectivity index (χ0n) is 14.8. The minimum atomic E-state index is -3.36. The summed E-state index contributed by atoms with van der Waals surface area (Å²) < 4.78 is 28.5. The highest BCUT2D eigenvalue weighted by Gasteiger charge is 2.15. The molecule has 0 N–H and O–H groups in total. The molecule has 0 aliphatic carbocycles. The molecule has 0 atom stereocenters. The number of halogens is 1. The zero-order valence-corrected chi connectivity index (χ0v) is 18.0. The van der Waals surface area contributed by atoms with Crippen molar-refractivity contribution < 1.29 is 13.2 Å². The summed E-state index contributed by atoms with van der Waals surface area (Å²) >= 11 is 4.87. The Balaban J connectivity index is 1.76. The molecule has 3 rings (SSSR count). The Morgan fingerprint density at radius 1 is 1.19 bits per heavy atom. The van der Waals surface area contributed by atoms with Crippen LogP contribution >= 0.6 is 27.3 Å². The Labute approximate surface area is 170 Å². The SMILES string of the molecule is CCn1c(=NC(=O)CCS(=O)(=O)Cc2ccccc2)sc2cc(Br)ccc21. The van der Waals surface area contributed by atoms with Crippen molar-refractivity contribution in [2.45, 2.75) is 25.6 Å². The molecule has 1 aromatic heterocycles. The van der Waals surface area contributed by atoms with E-state index in [2.05, 4.69) is 20.9 Å². The first-order chi connectivity index (χ1) is 12.9. The van der Waals surface area contributed by atoms with Crippen molar-refractivity contribution in [3.05, 3.63) is 63.4 Å². The van der Waals surface area contributed by atoms with Crippen LogP contribution in [-0.2, 0) is 26.9 Å². The maximum atomic E-state index is 12.3. The molecule has 8 heteroatoms. The number of carbonyl (C=O) groups excluding carboxylic acids is 1. The highest BCUT2D eigenvalue weighted by molar-refractivity contribution is 9.10. The number of thiazole rings is 1. The molecular weight excluding hydrogens is 448 g/mol. The van der Waals surface area contributed by atoms with Crippen LogP contribution in [0.4, 0.5) is 0 Å². The van der Waals surface area contributed by atoms with Crippen LogP contribution in [0.5, 0.6) is 0 Å². The van der Waals surface area contributed by atoms with Gasteiger partial charge in [-0.15, -0.1) is 0 Å². The molecule has 0 aliphatic rings. The van der Waals surface area contributed by atoms with Crippen molar-refractivity contribution in [2.24, 2.45) is 4.99 Å². The predicted molar refractivity (Wildman–Crippen MR) is 112 cm³/mol. The fourth-order valence-electron chi connectivity index (χ4n) is 2.74. The van der Waals surface area contributed by atoms with Crippen molar-refractivity contribution in [1.29, 1.82) is 0 Å². The second-order valence-electron chi connectivity index (χ2n) is 6.07. The Morgan fingerprint density at radius 3 is 2.63 bits per heavy atom. The molecule has 3 aromatic rings. The molecule has 0 spiro atoms. The molecule has 2 aromatic carbocycles. The summed E-state index contributed by atoms with van der Waals surface area (Å²) in [6.45, 7) is 2.67. The van der Waals surface area contributed by atoms with E-state index in [9.17, 15) is 13.2 Å². The number of hydrogen-bond donors (Lipinski definition) is 0. The Morgan fingerprint density at radius 2 is 1.93 bits per heavy atom. The lowest BCUT2D eigenvalue weighted by molar-refractivity contribution is -0.117. The lowest BCUT2D eigenvalue weighted by Gasteiger charge is -2.03. The minimum absolute atomic E-state index is 0.0625. The Hall–Kier alpha value is -1.77. The summed E-state index contributed by atoms with van der Waals surface area (Å²) in [4.78, 5) is 17.0. The van der Waals surface area contributed by atoms with Crippen LogP contribution in [-0.4, -0.2) is 24.6 Å². The van der Waals surface area contributed by atoms with Crippen LogP contribution in [0.25, 0.3) is 10.2 Å². The molecule has 0 radical (unpaired) electrons. The van der Waals surface area contributed by atoms with Crippen LogP contribution in [0.1, 0.15) is 18.9 Å². The fourth-order valence-corrected chi connectivity index (χ4v) is 5.74. The Bertz CT molecular complexity index is 1130. The van der Waals surface area contributed by atoms with E-state index in [1.165, 1.54) is 11.3 Å². The maximum Gasteiger partial charge on any atom is 0.249 e. The first kappa shape index (κ1) is 20.0. The maximum absolute atomic E-state index is 12.3. The number of amides is 1. The van der Waals surface area contributed by atoms with Gasteiger partial charge in [0.05, 0.1) is 21.7 Å². The van der Waals surface area contributed by atoms with Gasteiger partial charge in [0, 0.05) is 17.4 Å². The molecule has 0 unspecified atom stereocenters. The van der Waals surface area contributed by atoms with E-state index in [0.29, 0.717) is 11.3 Å². The van der Waals surface area contributed by atoms with Gasteiger partial charge in [-0.3, -0.25) is 4.79 Å². The topological polar surface area (TPSA) is 68.5 Å². The van der Waals surface area contributed by atoms with Crippen LogP contribution in [0.2, 0.25) is 0 Å². The van der Waals surface area contributed by atoms with Gasteiger partial charge >= 0.3 is 0 Å². The standard InChI is InChI=1S/C19H19BrN2O3S2/c1-2-22-16-9-8-15(20)12-17(16)26-19(22)21-18(23)10-11-27(24,25)13-14-6-4-3-5-7-14/h3-9,12H,2,10-11,13H2,1H3. The van der Waals surface area contributed by atoms with E-state index in [-0.39, 0.29) is 17.9 Å². The van der Waals surface area contributed by atoms with E-state index in [4.69, 9.17) is 0 Å². The van der Waals surface area contributed by atoms with E-state index in [0.717, 1.165) is 20.3 Å². The van der Waals surface area contributed by atoms with Gasteiger partial charge in [0.1, 0.15) is 0 Å². The number of aryl methyl sites for hydroxylation is 1. The molecule has 142 valence electrons. The number of hydrogen-bond acceptors (Lipinski definition) is 4. The van der Waals surface area contributed by atoms with Crippen LogP contribution in [0.15, 0.2) is 58.0 Å². The van der Waals surface area contributed by atoms with Gasteiger partial charge in [-0.1, -0.05) is 57.6 Å². The van der Waals surface area contributed by atoms with Gasteiger partial charge in [-0.05, 0) is 30.7 Å². The van der Waals surface area contributed by atoms with Crippen LogP contribution in [0.3, 0.4) is 0 Å². The number of sulfone groups is 1. The van der Waals surface area contributed by atoms with Gasteiger partial charge in [0.2, 0.25) is 5.91 Å². The second kappa shape index (κ2) is 8.50. The molecule has 5 nitrogen and oxygen atoms in total. The smallest absolute Gasteiger partial charge is 0.249 e. The molecule has 0 fully saturated rings. The fraction of sp³-hybridized carbons (Fsp3) is 0.263. The average Bonchev–Trinajstić information content (AvgIpc) is 2.96. The van der Waals surface area contributed by atoms with Crippen molar-refractivity contribution in [1.82, 2.24) is 4.57 Å². The number of fused-ring (bicyclic) bond motifs is 1. The van der Waals surface area contributed by atoms with Crippen molar-refractivity contribution in [3.8, 4) is 0 Å². The molecule has 0 bridgehead atoms. The molecule has 1 amide bonds. The molecule has 1 heterocycles. The quantitative estimate of drug-likeness (QED) is 0.552. The van der Waals surface area contributed by atoms with Gasteiger partial charge in [0.15, 0.2) is 14.6 Å². The number of benzene rings is 2. The van der Waals surface area contributed by atoms with Gasteiger partial charge in [-0.2, -0.15) is 4.99 Å². The summed E-state index contributed by atoms with van der Waals surface area (Å²) in [5.41, 5.74) is 1.73. The summed E-state index contributed by atoms with van der Waals surface area (Å²) in [7, 11) is -3.36. The first-order valence-corrected chi connectivity index (χ1v) is 11.9. The average molecular weight is 467 g/mol. The van der Waals surface area contributed by atoms with Crippen LogP contribution < -0.4 is 4.80 Å². The third kappa shape index (κ3) is 5.15. The molecular formula is C19H19BrN2O3S2. The van der Waals surface area contributed by atoms with E-state index in [1.54, 1.807) is 24.3 Å². The summed E-state index contributed by atoms with van der Waals surface area (Å²) in [6, 6.07) is 14.9. The zero-order chi connectivity index (χ0) is 19.4. The highest BCUT2D eigenvalue weighted by atomic mass is 79.9. The third-order valence-corrected chi connectivity index (χ3v) is 7.17. The molecule has 0 aliphatic heterocycles. The van der Waals surface area contributed by atoms with Gasteiger partial charge < -0.3 is 4.57 Å². The molecule has 0 saturated carbocycles. The summed E-state index contributed by atoms with van der Waals surface area (Å²) in [5.74, 6) is -0.681. The Kier molecular flexibility index (Phi) is 6.29. The number of nitrogens with zero attached hydrogens (tertiary/aromatic N) is 2. The van der Waals surface area contributed by atoms with Crippen molar-refractivity contribution in [3.63, 3.8) is 0 Å². The van der Waals surface area contributed by atoms with Gasteiger partial charge in [-0.25, -0.2) is 8.42 Å². The minimum Gasteiger partial charge on any atom is -0.317 e. The lowest BCUT2D eigenvalue weighted by atomic mass is 10.2. The number of carbonyl (C=O) groups is 1. The monoisotopic (exact) mass is 466 g/mol. The van der Waals surface area contributed by atoms with Crippen molar-refractivity contribution >= 4 is 53.2 Å². The van der Waals surface area contributed by atoms with E-state index >= 15 is 0 Å². The third-order valence-electron chi connectivity index (χ3n) is 4.04. The lowest BCUT2D eigenvalue weighted by Crippen LogP contribution is -2.18. The normalized spacial score (nSPS) is 12.6. The summed E-state index contributed by atoms with van der Waals surface area (Å²) in [5, 5.41) is 0.